The van der Waals surface area contributed by atoms with Gasteiger partial charge in [-0.15, -0.1) is 0 Å². The average Bonchev–Trinajstić information content (AvgIpc) is 3.03. The van der Waals surface area contributed by atoms with Crippen LogP contribution in [-0.2, 0) is 0 Å². The van der Waals surface area contributed by atoms with Crippen molar-refractivity contribution in [1.29, 1.82) is 0 Å². The highest BCUT2D eigenvalue weighted by atomic mass is 16.3. The second-order valence-corrected chi connectivity index (χ2v) is 5.95. The van der Waals surface area contributed by atoms with Crippen molar-refractivity contribution in [3.8, 4) is 0 Å². The van der Waals surface area contributed by atoms with Gasteiger partial charge in [-0.2, -0.15) is 0 Å². The topological polar surface area (TPSA) is 61.6 Å². The molecule has 6 nitrogen and oxygen atoms in total. The van der Waals surface area contributed by atoms with Crippen LogP contribution in [0.2, 0.25) is 0 Å². The molecule has 0 bridgehead atoms. The summed E-state index contributed by atoms with van der Waals surface area (Å²) < 4.78 is 5.29. The van der Waals surface area contributed by atoms with E-state index in [1.807, 2.05) is 35.0 Å². The zero-order chi connectivity index (χ0) is 14.4. The molecule has 3 heterocycles. The number of fused-ring (bicyclic) bond motifs is 1. The van der Waals surface area contributed by atoms with Crippen LogP contribution in [0.5, 0.6) is 0 Å². The van der Waals surface area contributed by atoms with Gasteiger partial charge in [0.1, 0.15) is 5.52 Å². The number of aromatic nitrogens is 1. The summed E-state index contributed by atoms with van der Waals surface area (Å²) in [6, 6.07) is 5.85. The first-order valence-corrected chi connectivity index (χ1v) is 7.29. The summed E-state index contributed by atoms with van der Waals surface area (Å²) >= 11 is 0. The number of rotatable bonds is 1. The number of carbonyl (C=O) groups is 1. The Bertz CT molecular complexity index is 690. The van der Waals surface area contributed by atoms with Gasteiger partial charge >= 0.3 is 6.03 Å². The summed E-state index contributed by atoms with van der Waals surface area (Å²) in [6.07, 6.45) is 3.38. The molecule has 2 aliphatic rings. The van der Waals surface area contributed by atoms with Crippen molar-refractivity contribution in [1.82, 2.24) is 15.2 Å². The summed E-state index contributed by atoms with van der Waals surface area (Å²) in [5.74, 6) is 0. The van der Waals surface area contributed by atoms with Gasteiger partial charge in [0.05, 0.1) is 5.54 Å². The minimum Gasteiger partial charge on any atom is -0.443 e. The summed E-state index contributed by atoms with van der Waals surface area (Å²) in [6.45, 7) is 2.68. The first-order chi connectivity index (χ1) is 10.2. The molecular weight excluding hydrogens is 268 g/mol. The van der Waals surface area contributed by atoms with E-state index in [0.717, 1.165) is 49.3 Å². The fourth-order valence-electron chi connectivity index (χ4n) is 3.60. The van der Waals surface area contributed by atoms with Crippen LogP contribution in [0.3, 0.4) is 0 Å². The van der Waals surface area contributed by atoms with Gasteiger partial charge in [-0.05, 0) is 44.1 Å². The molecule has 0 aliphatic carbocycles. The summed E-state index contributed by atoms with van der Waals surface area (Å²) in [5.41, 5.74) is 2.35. The lowest BCUT2D eigenvalue weighted by atomic mass is 9.87. The lowest BCUT2D eigenvalue weighted by Gasteiger charge is -2.40. The highest BCUT2D eigenvalue weighted by Crippen LogP contribution is 2.38. The van der Waals surface area contributed by atoms with Crippen molar-refractivity contribution in [3.63, 3.8) is 0 Å². The molecular formula is C15H18N4O2. The van der Waals surface area contributed by atoms with Gasteiger partial charge in [0.25, 0.3) is 0 Å². The number of nitrogens with zero attached hydrogens (tertiary/aromatic N) is 3. The Hall–Kier alpha value is -2.08. The number of anilines is 1. The molecule has 0 saturated carbocycles. The maximum Gasteiger partial charge on any atom is 0.324 e. The Kier molecular flexibility index (Phi) is 2.68. The summed E-state index contributed by atoms with van der Waals surface area (Å²) in [7, 11) is 1.88. The van der Waals surface area contributed by atoms with Gasteiger partial charge in [0.15, 0.2) is 12.0 Å². The molecule has 0 atom stereocenters. The molecule has 2 saturated heterocycles. The van der Waals surface area contributed by atoms with Crippen molar-refractivity contribution in [3.05, 3.63) is 24.6 Å². The third-order valence-corrected chi connectivity index (χ3v) is 4.63. The minimum atomic E-state index is -0.103. The molecule has 6 heteroatoms. The number of hydrogen-bond acceptors (Lipinski definition) is 4. The SMILES string of the molecule is CN1CC2(CCNCC2)N(c2ccc3ocnc3c2)C1=O. The van der Waals surface area contributed by atoms with E-state index < -0.39 is 0 Å². The van der Waals surface area contributed by atoms with Gasteiger partial charge < -0.3 is 14.6 Å². The van der Waals surface area contributed by atoms with Gasteiger partial charge in [-0.3, -0.25) is 4.90 Å². The smallest absolute Gasteiger partial charge is 0.324 e. The number of likely N-dealkylation sites (N-methyl/N-ethyl adjacent to an activating group) is 1. The lowest BCUT2D eigenvalue weighted by molar-refractivity contribution is 0.229. The molecule has 2 aromatic rings. The molecule has 1 spiro atoms. The number of oxazole rings is 1. The fraction of sp³-hybridized carbons (Fsp3) is 0.467. The zero-order valence-corrected chi connectivity index (χ0v) is 12.0. The van der Waals surface area contributed by atoms with Crippen LogP contribution in [-0.4, -0.2) is 48.1 Å². The quantitative estimate of drug-likeness (QED) is 0.868. The largest absolute Gasteiger partial charge is 0.443 e. The third kappa shape index (κ3) is 1.82. The van der Waals surface area contributed by atoms with Crippen molar-refractivity contribution in [2.75, 3.05) is 31.6 Å². The second kappa shape index (κ2) is 4.46. The Morgan fingerprint density at radius 1 is 1.33 bits per heavy atom. The van der Waals surface area contributed by atoms with Crippen LogP contribution >= 0.6 is 0 Å². The van der Waals surface area contributed by atoms with Gasteiger partial charge in [-0.1, -0.05) is 0 Å². The van der Waals surface area contributed by atoms with E-state index in [4.69, 9.17) is 4.42 Å². The second-order valence-electron chi connectivity index (χ2n) is 5.95. The van der Waals surface area contributed by atoms with Crippen molar-refractivity contribution in [2.24, 2.45) is 0 Å². The van der Waals surface area contributed by atoms with E-state index in [1.54, 1.807) is 0 Å². The van der Waals surface area contributed by atoms with E-state index in [2.05, 4.69) is 10.3 Å². The fourth-order valence-corrected chi connectivity index (χ4v) is 3.60. The molecule has 2 amide bonds. The van der Waals surface area contributed by atoms with Crippen LogP contribution in [0.25, 0.3) is 11.1 Å². The van der Waals surface area contributed by atoms with E-state index in [9.17, 15) is 4.79 Å². The van der Waals surface area contributed by atoms with Gasteiger partial charge in [-0.25, -0.2) is 9.78 Å². The predicted molar refractivity (Wildman–Crippen MR) is 79.3 cm³/mol. The van der Waals surface area contributed by atoms with Crippen molar-refractivity contribution < 1.29 is 9.21 Å². The standard InChI is InChI=1S/C15H18N4O2/c1-18-9-15(4-6-16-7-5-15)19(14(18)20)11-2-3-13-12(8-11)17-10-21-13/h2-3,8,10,16H,4-7,9H2,1H3. The lowest BCUT2D eigenvalue weighted by Crippen LogP contribution is -2.53. The Morgan fingerprint density at radius 3 is 2.95 bits per heavy atom. The van der Waals surface area contributed by atoms with Crippen LogP contribution in [0.15, 0.2) is 29.0 Å². The predicted octanol–water partition coefficient (Wildman–Crippen LogP) is 1.82. The van der Waals surface area contributed by atoms with Crippen molar-refractivity contribution in [2.45, 2.75) is 18.4 Å². The van der Waals surface area contributed by atoms with E-state index >= 15 is 0 Å². The Morgan fingerprint density at radius 2 is 2.14 bits per heavy atom. The van der Waals surface area contributed by atoms with Crippen LogP contribution in [0.1, 0.15) is 12.8 Å². The molecule has 2 fully saturated rings. The maximum absolute atomic E-state index is 12.6. The number of urea groups is 1. The first-order valence-electron chi connectivity index (χ1n) is 7.29. The van der Waals surface area contributed by atoms with Gasteiger partial charge in [0, 0.05) is 19.3 Å². The van der Waals surface area contributed by atoms with E-state index in [1.165, 1.54) is 6.39 Å². The Labute approximate surface area is 122 Å². The maximum atomic E-state index is 12.6. The molecule has 1 N–H and O–H groups in total. The number of carbonyl (C=O) groups excluding carboxylic acids is 1. The third-order valence-electron chi connectivity index (χ3n) is 4.63. The first kappa shape index (κ1) is 12.6. The highest BCUT2D eigenvalue weighted by Gasteiger charge is 2.49. The normalized spacial score (nSPS) is 21.7. The monoisotopic (exact) mass is 286 g/mol. The number of piperidine rings is 1. The summed E-state index contributed by atoms with van der Waals surface area (Å²) in [4.78, 5) is 20.6. The number of amides is 2. The van der Waals surface area contributed by atoms with E-state index in [0.29, 0.717) is 0 Å². The molecule has 1 aromatic carbocycles. The molecule has 0 unspecified atom stereocenters. The summed E-state index contributed by atoms with van der Waals surface area (Å²) in [5, 5.41) is 3.38. The minimum absolute atomic E-state index is 0.0692. The van der Waals surface area contributed by atoms with Crippen LogP contribution in [0, 0.1) is 0 Å². The zero-order valence-electron chi connectivity index (χ0n) is 12.0. The molecule has 4 rings (SSSR count). The van der Waals surface area contributed by atoms with Gasteiger partial charge in [0.2, 0.25) is 0 Å². The number of hydrogen-bond donors (Lipinski definition) is 1. The highest BCUT2D eigenvalue weighted by molar-refractivity contribution is 5.97. The average molecular weight is 286 g/mol. The number of benzene rings is 1. The van der Waals surface area contributed by atoms with Crippen LogP contribution < -0.4 is 10.2 Å². The molecule has 0 radical (unpaired) electrons. The molecule has 110 valence electrons. The van der Waals surface area contributed by atoms with Crippen molar-refractivity contribution >= 4 is 22.8 Å². The Balaban J connectivity index is 1.80. The number of nitrogens with one attached hydrogen (secondary N) is 1. The van der Waals surface area contributed by atoms with Crippen LogP contribution in [0.4, 0.5) is 10.5 Å². The molecule has 21 heavy (non-hydrogen) atoms. The molecule has 1 aromatic heterocycles. The molecule has 2 aliphatic heterocycles. The van der Waals surface area contributed by atoms with E-state index in [-0.39, 0.29) is 11.6 Å².